The van der Waals surface area contributed by atoms with Gasteiger partial charge in [-0.3, -0.25) is 9.78 Å². The van der Waals surface area contributed by atoms with E-state index in [0.29, 0.717) is 0 Å². The van der Waals surface area contributed by atoms with Gasteiger partial charge in [0.25, 0.3) is 5.56 Å². The smallest absolute Gasteiger partial charge is 0.313 e. The molecule has 1 saturated heterocycles. The average Bonchev–Trinajstić information content (AvgIpc) is 2.78. The normalized spacial score (nSPS) is 20.1. The molecule has 0 bridgehead atoms. The highest BCUT2D eigenvalue weighted by molar-refractivity contribution is 7.89. The molecular weight excluding hydrogens is 260 g/mol. The number of aromatic nitrogens is 2. The summed E-state index contributed by atoms with van der Waals surface area (Å²) in [7, 11) is -3.90. The summed E-state index contributed by atoms with van der Waals surface area (Å²) in [5.74, 6) is 0. The van der Waals surface area contributed by atoms with Crippen molar-refractivity contribution in [3.05, 3.63) is 27.0 Å². The minimum absolute atomic E-state index is 0.0848. The average molecular weight is 274 g/mol. The molecular formula is C9H14N4O4S. The van der Waals surface area contributed by atoms with E-state index in [1.54, 1.807) is 0 Å². The van der Waals surface area contributed by atoms with Crippen LogP contribution in [0.15, 0.2) is 20.7 Å². The third kappa shape index (κ3) is 2.86. The molecule has 1 aliphatic heterocycles. The van der Waals surface area contributed by atoms with E-state index in [9.17, 15) is 18.0 Å². The Morgan fingerprint density at radius 1 is 1.39 bits per heavy atom. The summed E-state index contributed by atoms with van der Waals surface area (Å²) in [5, 5.41) is 3.13. The maximum absolute atomic E-state index is 11.8. The molecule has 18 heavy (non-hydrogen) atoms. The third-order valence-electron chi connectivity index (χ3n) is 2.76. The molecule has 2 rings (SSSR count). The van der Waals surface area contributed by atoms with Crippen LogP contribution < -0.4 is 21.3 Å². The van der Waals surface area contributed by atoms with Crippen LogP contribution in [-0.4, -0.2) is 37.5 Å². The number of sulfonamides is 1. The molecule has 0 saturated carbocycles. The standard InChI is InChI=1S/C9H14N4O4S/c14-8-7(5-11-9(15)13-8)18(16,17)12-4-6-2-1-3-10-6/h5-6,10,12H,1-4H2,(H2,11,13,14,15). The van der Waals surface area contributed by atoms with Crippen molar-refractivity contribution in [1.29, 1.82) is 0 Å². The van der Waals surface area contributed by atoms with E-state index in [1.807, 2.05) is 4.98 Å². The van der Waals surface area contributed by atoms with Gasteiger partial charge in [-0.1, -0.05) is 0 Å². The Balaban J connectivity index is 2.14. The highest BCUT2D eigenvalue weighted by Gasteiger charge is 2.21. The Morgan fingerprint density at radius 3 is 2.78 bits per heavy atom. The second-order valence-electron chi connectivity index (χ2n) is 4.08. The molecule has 4 N–H and O–H groups in total. The molecule has 0 aliphatic carbocycles. The highest BCUT2D eigenvalue weighted by Crippen LogP contribution is 2.05. The van der Waals surface area contributed by atoms with Crippen LogP contribution in [0.1, 0.15) is 12.8 Å². The minimum Gasteiger partial charge on any atom is -0.313 e. The first-order valence-electron chi connectivity index (χ1n) is 5.54. The Morgan fingerprint density at radius 2 is 2.17 bits per heavy atom. The van der Waals surface area contributed by atoms with Crippen LogP contribution >= 0.6 is 0 Å². The molecule has 0 aromatic carbocycles. The van der Waals surface area contributed by atoms with Crippen LogP contribution in [0.25, 0.3) is 0 Å². The molecule has 2 heterocycles. The summed E-state index contributed by atoms with van der Waals surface area (Å²) >= 11 is 0. The summed E-state index contributed by atoms with van der Waals surface area (Å²) < 4.78 is 26.0. The van der Waals surface area contributed by atoms with Gasteiger partial charge in [0.2, 0.25) is 10.0 Å². The summed E-state index contributed by atoms with van der Waals surface area (Å²) in [6, 6.07) is 0.0848. The van der Waals surface area contributed by atoms with Crippen molar-refractivity contribution in [3.8, 4) is 0 Å². The van der Waals surface area contributed by atoms with E-state index in [0.717, 1.165) is 25.6 Å². The van der Waals surface area contributed by atoms with Gasteiger partial charge >= 0.3 is 5.69 Å². The number of hydrogen-bond acceptors (Lipinski definition) is 5. The van der Waals surface area contributed by atoms with Crippen LogP contribution in [0.5, 0.6) is 0 Å². The molecule has 1 unspecified atom stereocenters. The molecule has 8 nitrogen and oxygen atoms in total. The number of nitrogens with one attached hydrogen (secondary N) is 4. The van der Waals surface area contributed by atoms with Gasteiger partial charge in [-0.05, 0) is 19.4 Å². The van der Waals surface area contributed by atoms with Crippen molar-refractivity contribution in [2.45, 2.75) is 23.8 Å². The lowest BCUT2D eigenvalue weighted by molar-refractivity contribution is 0.550. The lowest BCUT2D eigenvalue weighted by atomic mass is 10.2. The molecule has 1 fully saturated rings. The molecule has 1 aromatic rings. The predicted octanol–water partition coefficient (Wildman–Crippen LogP) is -1.91. The maximum atomic E-state index is 11.8. The van der Waals surface area contributed by atoms with Crippen molar-refractivity contribution in [2.75, 3.05) is 13.1 Å². The van der Waals surface area contributed by atoms with Crippen LogP contribution in [-0.2, 0) is 10.0 Å². The fourth-order valence-electron chi connectivity index (χ4n) is 1.82. The first kappa shape index (κ1) is 13.0. The van der Waals surface area contributed by atoms with E-state index in [2.05, 4.69) is 15.0 Å². The van der Waals surface area contributed by atoms with Crippen molar-refractivity contribution in [1.82, 2.24) is 20.0 Å². The van der Waals surface area contributed by atoms with E-state index < -0.39 is 26.2 Å². The van der Waals surface area contributed by atoms with E-state index in [-0.39, 0.29) is 12.6 Å². The van der Waals surface area contributed by atoms with Crippen LogP contribution in [0.3, 0.4) is 0 Å². The zero-order chi connectivity index (χ0) is 13.2. The van der Waals surface area contributed by atoms with Gasteiger partial charge in [0.1, 0.15) is 0 Å². The summed E-state index contributed by atoms with van der Waals surface area (Å²) in [4.78, 5) is 25.7. The number of H-pyrrole nitrogens is 2. The monoisotopic (exact) mass is 274 g/mol. The quantitative estimate of drug-likeness (QED) is 0.510. The fourth-order valence-corrected chi connectivity index (χ4v) is 2.90. The first-order valence-corrected chi connectivity index (χ1v) is 7.02. The number of rotatable bonds is 4. The van der Waals surface area contributed by atoms with Gasteiger partial charge in [-0.2, -0.15) is 0 Å². The van der Waals surface area contributed by atoms with Crippen molar-refractivity contribution < 1.29 is 8.42 Å². The van der Waals surface area contributed by atoms with Crippen LogP contribution in [0.2, 0.25) is 0 Å². The molecule has 1 aliphatic rings. The summed E-state index contributed by atoms with van der Waals surface area (Å²) in [6.45, 7) is 1.09. The van der Waals surface area contributed by atoms with Crippen molar-refractivity contribution in [2.24, 2.45) is 0 Å². The van der Waals surface area contributed by atoms with E-state index >= 15 is 0 Å². The molecule has 9 heteroatoms. The van der Waals surface area contributed by atoms with Crippen molar-refractivity contribution in [3.63, 3.8) is 0 Å². The molecule has 1 aromatic heterocycles. The maximum Gasteiger partial charge on any atom is 0.325 e. The number of hydrogen-bond donors (Lipinski definition) is 4. The largest absolute Gasteiger partial charge is 0.325 e. The molecule has 100 valence electrons. The molecule has 0 radical (unpaired) electrons. The molecule has 1 atom stereocenters. The molecule has 0 spiro atoms. The van der Waals surface area contributed by atoms with Gasteiger partial charge in [-0.15, -0.1) is 0 Å². The van der Waals surface area contributed by atoms with Crippen LogP contribution in [0.4, 0.5) is 0 Å². The fraction of sp³-hybridized carbons (Fsp3) is 0.556. The van der Waals surface area contributed by atoms with Gasteiger partial charge in [0.15, 0.2) is 4.90 Å². The Hall–Kier alpha value is -1.45. The topological polar surface area (TPSA) is 124 Å². The Bertz CT molecular complexity index is 626. The van der Waals surface area contributed by atoms with Gasteiger partial charge in [-0.25, -0.2) is 17.9 Å². The second kappa shape index (κ2) is 5.04. The Kier molecular flexibility index (Phi) is 3.64. The second-order valence-corrected chi connectivity index (χ2v) is 5.82. The summed E-state index contributed by atoms with van der Waals surface area (Å²) in [5.41, 5.74) is -1.66. The highest BCUT2D eigenvalue weighted by atomic mass is 32.2. The Labute approximate surface area is 103 Å². The first-order chi connectivity index (χ1) is 8.49. The lowest BCUT2D eigenvalue weighted by Crippen LogP contribution is -2.39. The van der Waals surface area contributed by atoms with Gasteiger partial charge < -0.3 is 10.3 Å². The van der Waals surface area contributed by atoms with E-state index in [4.69, 9.17) is 0 Å². The van der Waals surface area contributed by atoms with Gasteiger partial charge in [0, 0.05) is 18.8 Å². The molecule has 0 amide bonds. The minimum atomic E-state index is -3.90. The lowest BCUT2D eigenvalue weighted by Gasteiger charge is -2.11. The van der Waals surface area contributed by atoms with E-state index in [1.165, 1.54) is 0 Å². The third-order valence-corrected chi connectivity index (χ3v) is 4.19. The van der Waals surface area contributed by atoms with Crippen LogP contribution in [0, 0.1) is 0 Å². The zero-order valence-corrected chi connectivity index (χ0v) is 10.3. The van der Waals surface area contributed by atoms with Crippen molar-refractivity contribution >= 4 is 10.0 Å². The predicted molar refractivity (Wildman–Crippen MR) is 63.9 cm³/mol. The number of aromatic amines is 2. The SMILES string of the molecule is O=c1[nH]cc(S(=O)(=O)NCC2CCCN2)c(=O)[nH]1. The zero-order valence-electron chi connectivity index (χ0n) is 9.52. The van der Waals surface area contributed by atoms with Gasteiger partial charge in [0.05, 0.1) is 0 Å². The summed E-state index contributed by atoms with van der Waals surface area (Å²) in [6.07, 6.45) is 2.79.